The molecule has 2 atom stereocenters. The third-order valence-electron chi connectivity index (χ3n) is 3.36. The first-order valence-corrected chi connectivity index (χ1v) is 6.84. The second-order valence-corrected chi connectivity index (χ2v) is 5.08. The molecule has 1 amide bonds. The Balaban J connectivity index is 2.19. The number of hydrogen-bond donors (Lipinski definition) is 3. The summed E-state index contributed by atoms with van der Waals surface area (Å²) in [5.74, 6) is 0.0199. The Morgan fingerprint density at radius 2 is 2.06 bits per heavy atom. The molecule has 0 bridgehead atoms. The molecule has 2 unspecified atom stereocenters. The largest absolute Gasteiger partial charge is 0.389 e. The molecule has 106 valence electrons. The number of aliphatic hydroxyl groups is 1. The van der Waals surface area contributed by atoms with Gasteiger partial charge in [0.2, 0.25) is 5.91 Å². The van der Waals surface area contributed by atoms with E-state index in [9.17, 15) is 9.90 Å². The number of nitrogens with one attached hydrogen (secondary N) is 2. The lowest BCUT2D eigenvalue weighted by atomic mass is 9.95. The van der Waals surface area contributed by atoms with E-state index in [2.05, 4.69) is 10.6 Å². The predicted octanol–water partition coefficient (Wildman–Crippen LogP) is 0.421. The molecule has 1 fully saturated rings. The topological polar surface area (TPSA) is 70.6 Å². The number of aliphatic hydroxyl groups excluding tert-OH is 1. The molecule has 0 heterocycles. The molecule has 3 N–H and O–H groups in total. The van der Waals surface area contributed by atoms with Crippen molar-refractivity contribution in [1.82, 2.24) is 10.6 Å². The first-order chi connectivity index (χ1) is 8.63. The summed E-state index contributed by atoms with van der Waals surface area (Å²) in [6.45, 7) is 2.47. The molecule has 1 saturated carbocycles. The average Bonchev–Trinajstić information content (AvgIpc) is 2.37. The van der Waals surface area contributed by atoms with Crippen LogP contribution >= 0.6 is 0 Å². The quantitative estimate of drug-likeness (QED) is 0.619. The second-order valence-electron chi connectivity index (χ2n) is 5.08. The highest BCUT2D eigenvalue weighted by Gasteiger charge is 2.19. The highest BCUT2D eigenvalue weighted by atomic mass is 16.5. The maximum Gasteiger partial charge on any atom is 0.237 e. The van der Waals surface area contributed by atoms with E-state index >= 15 is 0 Å². The van der Waals surface area contributed by atoms with Crippen LogP contribution in [0.4, 0.5) is 0 Å². The molecule has 0 radical (unpaired) electrons. The van der Waals surface area contributed by atoms with Gasteiger partial charge in [-0.15, -0.1) is 0 Å². The van der Waals surface area contributed by atoms with Gasteiger partial charge in [0.15, 0.2) is 0 Å². The molecule has 1 rings (SSSR count). The van der Waals surface area contributed by atoms with Crippen molar-refractivity contribution >= 4 is 5.91 Å². The monoisotopic (exact) mass is 258 g/mol. The Hall–Kier alpha value is -0.650. The van der Waals surface area contributed by atoms with Crippen LogP contribution in [0.25, 0.3) is 0 Å². The summed E-state index contributed by atoms with van der Waals surface area (Å²) >= 11 is 0. The summed E-state index contributed by atoms with van der Waals surface area (Å²) in [5.41, 5.74) is 0. The maximum absolute atomic E-state index is 11.9. The lowest BCUT2D eigenvalue weighted by Gasteiger charge is -2.25. The SMILES string of the molecule is COCC(O)CNC(C)C(=O)NC1CCCCC1. The molecule has 5 heteroatoms. The fourth-order valence-electron chi connectivity index (χ4n) is 2.23. The third-order valence-corrected chi connectivity index (χ3v) is 3.36. The Labute approximate surface area is 109 Å². The molecule has 5 nitrogen and oxygen atoms in total. The number of carbonyl (C=O) groups excluding carboxylic acids is 1. The summed E-state index contributed by atoms with van der Waals surface area (Å²) in [6.07, 6.45) is 5.30. The fraction of sp³-hybridized carbons (Fsp3) is 0.923. The number of rotatable bonds is 7. The van der Waals surface area contributed by atoms with Crippen molar-refractivity contribution in [3.8, 4) is 0 Å². The molecular weight excluding hydrogens is 232 g/mol. The Morgan fingerprint density at radius 3 is 2.67 bits per heavy atom. The summed E-state index contributed by atoms with van der Waals surface area (Å²) in [7, 11) is 1.54. The lowest BCUT2D eigenvalue weighted by Crippen LogP contribution is -2.48. The first kappa shape index (κ1) is 15.4. The van der Waals surface area contributed by atoms with Gasteiger partial charge < -0.3 is 20.5 Å². The number of methoxy groups -OCH3 is 1. The predicted molar refractivity (Wildman–Crippen MR) is 70.4 cm³/mol. The summed E-state index contributed by atoms with van der Waals surface area (Å²) in [5, 5.41) is 15.6. The van der Waals surface area contributed by atoms with Gasteiger partial charge in [-0.25, -0.2) is 0 Å². The maximum atomic E-state index is 11.9. The van der Waals surface area contributed by atoms with Gasteiger partial charge >= 0.3 is 0 Å². The van der Waals surface area contributed by atoms with Crippen LogP contribution < -0.4 is 10.6 Å². The molecule has 0 saturated heterocycles. The van der Waals surface area contributed by atoms with Crippen LogP contribution in [-0.4, -0.2) is 49.5 Å². The van der Waals surface area contributed by atoms with Gasteiger partial charge in [-0.05, 0) is 19.8 Å². The molecular formula is C13H26N2O3. The Bertz CT molecular complexity index is 242. The van der Waals surface area contributed by atoms with E-state index in [1.54, 1.807) is 7.11 Å². The second kappa shape index (κ2) is 8.45. The van der Waals surface area contributed by atoms with Crippen LogP contribution in [0, 0.1) is 0 Å². The lowest BCUT2D eigenvalue weighted by molar-refractivity contribution is -0.123. The van der Waals surface area contributed by atoms with Crippen molar-refractivity contribution in [2.24, 2.45) is 0 Å². The van der Waals surface area contributed by atoms with E-state index in [1.807, 2.05) is 6.92 Å². The molecule has 1 aliphatic carbocycles. The molecule has 0 aliphatic heterocycles. The summed E-state index contributed by atoms with van der Waals surface area (Å²) < 4.78 is 4.83. The molecule has 0 aromatic carbocycles. The normalized spacial score (nSPS) is 20.4. The van der Waals surface area contributed by atoms with Crippen LogP contribution in [0.5, 0.6) is 0 Å². The molecule has 18 heavy (non-hydrogen) atoms. The highest BCUT2D eigenvalue weighted by molar-refractivity contribution is 5.81. The Morgan fingerprint density at radius 1 is 1.39 bits per heavy atom. The van der Waals surface area contributed by atoms with Crippen molar-refractivity contribution in [2.45, 2.75) is 57.2 Å². The fourth-order valence-corrected chi connectivity index (χ4v) is 2.23. The highest BCUT2D eigenvalue weighted by Crippen LogP contribution is 2.17. The van der Waals surface area contributed by atoms with Gasteiger partial charge in [0.05, 0.1) is 18.8 Å². The van der Waals surface area contributed by atoms with E-state index in [0.29, 0.717) is 12.6 Å². The summed E-state index contributed by atoms with van der Waals surface area (Å²) in [6, 6.07) is 0.0535. The number of carbonyl (C=O) groups is 1. The van der Waals surface area contributed by atoms with Crippen molar-refractivity contribution in [1.29, 1.82) is 0 Å². The van der Waals surface area contributed by atoms with Gasteiger partial charge in [-0.3, -0.25) is 4.79 Å². The minimum Gasteiger partial charge on any atom is -0.389 e. The minimum atomic E-state index is -0.570. The zero-order valence-corrected chi connectivity index (χ0v) is 11.4. The first-order valence-electron chi connectivity index (χ1n) is 6.84. The molecule has 0 aromatic heterocycles. The van der Waals surface area contributed by atoms with E-state index in [4.69, 9.17) is 4.74 Å². The number of hydrogen-bond acceptors (Lipinski definition) is 4. The third kappa shape index (κ3) is 5.80. The van der Waals surface area contributed by atoms with Gasteiger partial charge in [-0.2, -0.15) is 0 Å². The van der Waals surface area contributed by atoms with Crippen molar-refractivity contribution in [3.63, 3.8) is 0 Å². The standard InChI is InChI=1S/C13H26N2O3/c1-10(14-8-12(16)9-18-2)13(17)15-11-6-4-3-5-7-11/h10-12,14,16H,3-9H2,1-2H3,(H,15,17). The number of ether oxygens (including phenoxy) is 1. The minimum absolute atomic E-state index is 0.0199. The van der Waals surface area contributed by atoms with Crippen LogP contribution in [0.2, 0.25) is 0 Å². The molecule has 0 spiro atoms. The zero-order chi connectivity index (χ0) is 13.4. The smallest absolute Gasteiger partial charge is 0.237 e. The van der Waals surface area contributed by atoms with Crippen LogP contribution in [0.3, 0.4) is 0 Å². The van der Waals surface area contributed by atoms with Crippen LogP contribution in [0.1, 0.15) is 39.0 Å². The molecule has 1 aliphatic rings. The van der Waals surface area contributed by atoms with Gasteiger partial charge in [-0.1, -0.05) is 19.3 Å². The van der Waals surface area contributed by atoms with E-state index < -0.39 is 6.10 Å². The summed E-state index contributed by atoms with van der Waals surface area (Å²) in [4.78, 5) is 11.9. The van der Waals surface area contributed by atoms with E-state index in [1.165, 1.54) is 19.3 Å². The number of amides is 1. The average molecular weight is 258 g/mol. The zero-order valence-electron chi connectivity index (χ0n) is 11.4. The van der Waals surface area contributed by atoms with Gasteiger partial charge in [0.1, 0.15) is 0 Å². The van der Waals surface area contributed by atoms with E-state index in [0.717, 1.165) is 12.8 Å². The van der Waals surface area contributed by atoms with Crippen LogP contribution in [0.15, 0.2) is 0 Å². The molecule has 0 aromatic rings. The van der Waals surface area contributed by atoms with Crippen LogP contribution in [-0.2, 0) is 9.53 Å². The van der Waals surface area contributed by atoms with Crippen molar-refractivity contribution in [3.05, 3.63) is 0 Å². The van der Waals surface area contributed by atoms with Crippen molar-refractivity contribution < 1.29 is 14.6 Å². The van der Waals surface area contributed by atoms with E-state index in [-0.39, 0.29) is 18.6 Å². The Kier molecular flexibility index (Phi) is 7.23. The van der Waals surface area contributed by atoms with Gasteiger partial charge in [0, 0.05) is 19.7 Å². The van der Waals surface area contributed by atoms with Crippen molar-refractivity contribution in [2.75, 3.05) is 20.3 Å². The van der Waals surface area contributed by atoms with Gasteiger partial charge in [0.25, 0.3) is 0 Å².